The highest BCUT2D eigenvalue weighted by molar-refractivity contribution is 4.80. The molecule has 0 saturated carbocycles. The lowest BCUT2D eigenvalue weighted by atomic mass is 10.3. The van der Waals surface area contributed by atoms with E-state index in [2.05, 4.69) is 11.9 Å². The molecule has 3 nitrogen and oxygen atoms in total. The number of rotatable bonds is 2. The molecular weight excluding hydrogens is 140 g/mol. The standard InChI is InChI=1S/C8H15N2O/c1-2-8(11)10-6-3-4-9-5-7-10/h2,8-9H,1,3-7H2. The van der Waals surface area contributed by atoms with Gasteiger partial charge < -0.3 is 5.32 Å². The molecule has 11 heavy (non-hydrogen) atoms. The second-order valence-electron chi connectivity index (χ2n) is 2.77. The average Bonchev–Trinajstić information content (AvgIpc) is 2.30. The van der Waals surface area contributed by atoms with Gasteiger partial charge in [0, 0.05) is 19.6 Å². The van der Waals surface area contributed by atoms with E-state index < -0.39 is 6.23 Å². The zero-order valence-corrected chi connectivity index (χ0v) is 6.75. The highest BCUT2D eigenvalue weighted by Crippen LogP contribution is 2.00. The minimum atomic E-state index is -0.713. The van der Waals surface area contributed by atoms with Crippen molar-refractivity contribution in [2.45, 2.75) is 12.6 Å². The molecule has 0 aromatic carbocycles. The molecule has 1 N–H and O–H groups in total. The molecule has 0 aliphatic carbocycles. The van der Waals surface area contributed by atoms with Crippen LogP contribution in [0, 0.1) is 0 Å². The molecule has 3 heteroatoms. The van der Waals surface area contributed by atoms with E-state index in [0.717, 1.165) is 32.6 Å². The Kier molecular flexibility index (Phi) is 3.56. The minimum absolute atomic E-state index is 0.713. The van der Waals surface area contributed by atoms with Crippen molar-refractivity contribution in [1.82, 2.24) is 10.2 Å². The van der Waals surface area contributed by atoms with Gasteiger partial charge in [0.05, 0.1) is 0 Å². The molecule has 1 fully saturated rings. The Labute approximate surface area is 67.7 Å². The van der Waals surface area contributed by atoms with Crippen LogP contribution in [-0.2, 0) is 5.11 Å². The van der Waals surface area contributed by atoms with Gasteiger partial charge >= 0.3 is 0 Å². The van der Waals surface area contributed by atoms with Crippen molar-refractivity contribution in [3.05, 3.63) is 12.7 Å². The lowest BCUT2D eigenvalue weighted by Gasteiger charge is -2.20. The van der Waals surface area contributed by atoms with Crippen molar-refractivity contribution in [2.24, 2.45) is 0 Å². The first-order chi connectivity index (χ1) is 5.34. The van der Waals surface area contributed by atoms with Crippen LogP contribution in [-0.4, -0.2) is 37.3 Å². The lowest BCUT2D eigenvalue weighted by Crippen LogP contribution is -2.35. The first kappa shape index (κ1) is 8.71. The summed E-state index contributed by atoms with van der Waals surface area (Å²) in [6, 6.07) is 0. The maximum absolute atomic E-state index is 11.2. The summed E-state index contributed by atoms with van der Waals surface area (Å²) in [5, 5.41) is 14.4. The van der Waals surface area contributed by atoms with Crippen LogP contribution in [0.5, 0.6) is 0 Å². The average molecular weight is 155 g/mol. The predicted molar refractivity (Wildman–Crippen MR) is 43.7 cm³/mol. The number of hydrogen-bond acceptors (Lipinski definition) is 2. The van der Waals surface area contributed by atoms with E-state index in [9.17, 15) is 5.11 Å². The number of nitrogens with zero attached hydrogens (tertiary/aromatic N) is 1. The summed E-state index contributed by atoms with van der Waals surface area (Å²) in [5.41, 5.74) is 0. The van der Waals surface area contributed by atoms with Gasteiger partial charge in [0.15, 0.2) is 6.23 Å². The third-order valence-corrected chi connectivity index (χ3v) is 1.94. The van der Waals surface area contributed by atoms with Gasteiger partial charge in [-0.1, -0.05) is 6.58 Å². The molecule has 1 saturated heterocycles. The Bertz CT molecular complexity index is 119. The van der Waals surface area contributed by atoms with Gasteiger partial charge in [0.1, 0.15) is 0 Å². The van der Waals surface area contributed by atoms with Crippen molar-refractivity contribution >= 4 is 0 Å². The number of nitrogens with one attached hydrogen (secondary N) is 1. The Morgan fingerprint density at radius 3 is 3.00 bits per heavy atom. The van der Waals surface area contributed by atoms with Gasteiger partial charge in [-0.15, -0.1) is 0 Å². The SMILES string of the molecule is C=CC([O])N1CCCNCC1. The second-order valence-corrected chi connectivity index (χ2v) is 2.77. The largest absolute Gasteiger partial charge is 0.315 e. The topological polar surface area (TPSA) is 35.2 Å². The van der Waals surface area contributed by atoms with Crippen LogP contribution in [0.4, 0.5) is 0 Å². The van der Waals surface area contributed by atoms with E-state index in [1.807, 2.05) is 4.90 Å². The van der Waals surface area contributed by atoms with E-state index in [0.29, 0.717) is 0 Å². The van der Waals surface area contributed by atoms with Gasteiger partial charge in [-0.25, -0.2) is 5.11 Å². The molecule has 1 radical (unpaired) electrons. The quantitative estimate of drug-likeness (QED) is 0.579. The fraction of sp³-hybridized carbons (Fsp3) is 0.750. The third kappa shape index (κ3) is 2.61. The molecule has 0 aromatic rings. The molecule has 0 aromatic heterocycles. The van der Waals surface area contributed by atoms with Gasteiger partial charge in [0.25, 0.3) is 0 Å². The van der Waals surface area contributed by atoms with E-state index in [1.54, 1.807) is 0 Å². The summed E-state index contributed by atoms with van der Waals surface area (Å²) >= 11 is 0. The maximum atomic E-state index is 11.2. The second kappa shape index (κ2) is 4.49. The zero-order valence-electron chi connectivity index (χ0n) is 6.75. The molecule has 0 bridgehead atoms. The van der Waals surface area contributed by atoms with Crippen molar-refractivity contribution in [3.63, 3.8) is 0 Å². The lowest BCUT2D eigenvalue weighted by molar-refractivity contribution is -0.00860. The first-order valence-electron chi connectivity index (χ1n) is 4.08. The molecule has 1 aliphatic rings. The monoisotopic (exact) mass is 155 g/mol. The Balaban J connectivity index is 2.35. The van der Waals surface area contributed by atoms with Crippen LogP contribution < -0.4 is 5.32 Å². The van der Waals surface area contributed by atoms with E-state index in [-0.39, 0.29) is 0 Å². The predicted octanol–water partition coefficient (Wildman–Crippen LogP) is 0.224. The van der Waals surface area contributed by atoms with Crippen molar-refractivity contribution in [3.8, 4) is 0 Å². The van der Waals surface area contributed by atoms with Crippen molar-refractivity contribution in [2.75, 3.05) is 26.2 Å². The Morgan fingerprint density at radius 2 is 2.27 bits per heavy atom. The maximum Gasteiger partial charge on any atom is 0.164 e. The Morgan fingerprint density at radius 1 is 1.45 bits per heavy atom. The molecule has 0 spiro atoms. The van der Waals surface area contributed by atoms with Gasteiger partial charge in [-0.05, 0) is 19.0 Å². The van der Waals surface area contributed by atoms with Gasteiger partial charge in [-0.3, -0.25) is 4.90 Å². The van der Waals surface area contributed by atoms with Crippen LogP contribution in [0.15, 0.2) is 12.7 Å². The number of hydrogen-bond donors (Lipinski definition) is 1. The summed E-state index contributed by atoms with van der Waals surface area (Å²) < 4.78 is 0. The highest BCUT2D eigenvalue weighted by atomic mass is 16.3. The minimum Gasteiger partial charge on any atom is -0.315 e. The summed E-state index contributed by atoms with van der Waals surface area (Å²) in [4.78, 5) is 1.91. The van der Waals surface area contributed by atoms with Crippen LogP contribution in [0.3, 0.4) is 0 Å². The van der Waals surface area contributed by atoms with Crippen molar-refractivity contribution in [1.29, 1.82) is 0 Å². The summed E-state index contributed by atoms with van der Waals surface area (Å²) in [6.45, 7) is 7.19. The molecule has 63 valence electrons. The fourth-order valence-electron chi connectivity index (χ4n) is 1.27. The molecule has 1 rings (SSSR count). The molecule has 1 heterocycles. The van der Waals surface area contributed by atoms with E-state index >= 15 is 0 Å². The highest BCUT2D eigenvalue weighted by Gasteiger charge is 2.14. The molecule has 1 aliphatic heterocycles. The van der Waals surface area contributed by atoms with Crippen molar-refractivity contribution < 1.29 is 5.11 Å². The molecule has 1 unspecified atom stereocenters. The van der Waals surface area contributed by atoms with Crippen LogP contribution in [0.2, 0.25) is 0 Å². The van der Waals surface area contributed by atoms with E-state index in [1.165, 1.54) is 6.08 Å². The van der Waals surface area contributed by atoms with Gasteiger partial charge in [-0.2, -0.15) is 0 Å². The first-order valence-corrected chi connectivity index (χ1v) is 4.08. The fourth-order valence-corrected chi connectivity index (χ4v) is 1.27. The smallest absolute Gasteiger partial charge is 0.164 e. The third-order valence-electron chi connectivity index (χ3n) is 1.94. The summed E-state index contributed by atoms with van der Waals surface area (Å²) in [7, 11) is 0. The van der Waals surface area contributed by atoms with Crippen LogP contribution >= 0.6 is 0 Å². The molecular formula is C8H15N2O. The van der Waals surface area contributed by atoms with Crippen LogP contribution in [0.1, 0.15) is 6.42 Å². The summed E-state index contributed by atoms with van der Waals surface area (Å²) in [6.07, 6.45) is 1.81. The normalized spacial score (nSPS) is 24.1. The Hall–Kier alpha value is -0.380. The zero-order chi connectivity index (χ0) is 8.10. The van der Waals surface area contributed by atoms with Crippen LogP contribution in [0.25, 0.3) is 0 Å². The molecule has 1 atom stereocenters. The van der Waals surface area contributed by atoms with Gasteiger partial charge in [0.2, 0.25) is 0 Å². The molecule has 0 amide bonds. The summed E-state index contributed by atoms with van der Waals surface area (Å²) in [5.74, 6) is 0. The van der Waals surface area contributed by atoms with E-state index in [4.69, 9.17) is 0 Å².